The zero-order valence-corrected chi connectivity index (χ0v) is 32.1. The van der Waals surface area contributed by atoms with Gasteiger partial charge in [-0.1, -0.05) is 145 Å². The molecule has 0 radical (unpaired) electrons. The third kappa shape index (κ3) is 4.39. The van der Waals surface area contributed by atoms with Crippen LogP contribution in [-0.4, -0.2) is 0 Å². The number of hydrogen-bond donors (Lipinski definition) is 0. The number of anilines is 3. The van der Waals surface area contributed by atoms with Crippen molar-refractivity contribution in [3.05, 3.63) is 222 Å². The average molecular weight is 756 g/mol. The predicted octanol–water partition coefficient (Wildman–Crippen LogP) is 15.3. The summed E-state index contributed by atoms with van der Waals surface area (Å²) in [5.74, 6) is 0. The second kappa shape index (κ2) is 12.0. The van der Waals surface area contributed by atoms with Crippen LogP contribution >= 0.6 is 11.8 Å². The van der Waals surface area contributed by atoms with Crippen molar-refractivity contribution in [1.82, 2.24) is 0 Å². The molecule has 0 saturated carbocycles. The van der Waals surface area contributed by atoms with E-state index in [4.69, 9.17) is 4.42 Å². The first kappa shape index (κ1) is 32.1. The molecule has 2 aliphatic rings. The number of rotatable bonds is 3. The molecular formula is C55H33NOS. The van der Waals surface area contributed by atoms with Gasteiger partial charge in [0.15, 0.2) is 0 Å². The van der Waals surface area contributed by atoms with Crippen LogP contribution in [0.5, 0.6) is 0 Å². The highest BCUT2D eigenvalue weighted by Crippen LogP contribution is 2.62. The summed E-state index contributed by atoms with van der Waals surface area (Å²) in [4.78, 5) is 5.01. The lowest BCUT2D eigenvalue weighted by molar-refractivity contribution is 0.669. The SMILES string of the molecule is c1ccc2c(c1)Sc1ccccc1C21c2cc(N(c3ccc4ccccc4c3)c3ccc4c(c3)oc3cc5ccccc5cc34)ccc2-c2cccc3cccc1c23. The maximum atomic E-state index is 6.69. The summed E-state index contributed by atoms with van der Waals surface area (Å²) in [6.45, 7) is 0. The Morgan fingerprint density at radius 2 is 0.931 bits per heavy atom. The molecule has 1 spiro atoms. The minimum Gasteiger partial charge on any atom is -0.456 e. The normalized spacial score (nSPS) is 13.6. The van der Waals surface area contributed by atoms with E-state index in [1.807, 2.05) is 11.8 Å². The van der Waals surface area contributed by atoms with E-state index in [2.05, 4.69) is 205 Å². The van der Waals surface area contributed by atoms with E-state index < -0.39 is 5.41 Å². The van der Waals surface area contributed by atoms with Crippen LogP contribution in [0.25, 0.3) is 65.4 Å². The third-order valence-corrected chi connectivity index (χ3v) is 13.8. The Balaban J connectivity index is 1.11. The maximum Gasteiger partial charge on any atom is 0.137 e. The summed E-state index contributed by atoms with van der Waals surface area (Å²) in [7, 11) is 0. The van der Waals surface area contributed by atoms with Crippen LogP contribution in [0.2, 0.25) is 0 Å². The Labute approximate surface area is 339 Å². The molecular weight excluding hydrogens is 723 g/mol. The van der Waals surface area contributed by atoms with E-state index in [1.54, 1.807) is 0 Å². The van der Waals surface area contributed by atoms with Crippen LogP contribution in [0.3, 0.4) is 0 Å². The molecule has 0 unspecified atom stereocenters. The van der Waals surface area contributed by atoms with Gasteiger partial charge in [-0.3, -0.25) is 0 Å². The zero-order chi connectivity index (χ0) is 38.0. The van der Waals surface area contributed by atoms with Crippen molar-refractivity contribution in [3.63, 3.8) is 0 Å². The topological polar surface area (TPSA) is 16.4 Å². The van der Waals surface area contributed by atoms with Gasteiger partial charge in [-0.15, -0.1) is 0 Å². The van der Waals surface area contributed by atoms with E-state index in [0.29, 0.717) is 0 Å². The summed E-state index contributed by atoms with van der Waals surface area (Å²) in [6.07, 6.45) is 0. The molecule has 1 aromatic heterocycles. The van der Waals surface area contributed by atoms with Crippen molar-refractivity contribution in [2.24, 2.45) is 0 Å². The minimum absolute atomic E-state index is 0.544. The monoisotopic (exact) mass is 755 g/mol. The van der Waals surface area contributed by atoms with Gasteiger partial charge in [-0.25, -0.2) is 0 Å². The minimum atomic E-state index is -0.544. The van der Waals surface area contributed by atoms with Crippen LogP contribution in [0, 0.1) is 0 Å². The fraction of sp³-hybridized carbons (Fsp3) is 0.0182. The zero-order valence-electron chi connectivity index (χ0n) is 31.3. The van der Waals surface area contributed by atoms with Crippen molar-refractivity contribution in [2.75, 3.05) is 4.90 Å². The molecule has 0 amide bonds. The number of benzene rings is 10. The lowest BCUT2D eigenvalue weighted by Gasteiger charge is -2.46. The number of furan rings is 1. The molecule has 10 aromatic carbocycles. The summed E-state index contributed by atoms with van der Waals surface area (Å²) in [6, 6.07) is 74.1. The molecule has 13 rings (SSSR count). The van der Waals surface area contributed by atoms with Crippen molar-refractivity contribution in [2.45, 2.75) is 15.2 Å². The molecule has 0 bridgehead atoms. The molecule has 58 heavy (non-hydrogen) atoms. The molecule has 0 fully saturated rings. The van der Waals surface area contributed by atoms with Crippen LogP contribution in [0.15, 0.2) is 214 Å². The molecule has 1 aliphatic heterocycles. The van der Waals surface area contributed by atoms with E-state index in [9.17, 15) is 0 Å². The molecule has 0 saturated heterocycles. The molecule has 0 atom stereocenters. The van der Waals surface area contributed by atoms with Gasteiger partial charge in [0, 0.05) is 43.7 Å². The molecule has 0 N–H and O–H groups in total. The standard InChI is InChI=1S/C55H33NOS/c1-2-12-36-29-39(24-23-34(36)11-1)56(41-26-28-43-45-30-37-13-3-4-14-38(37)31-50(45)57-51(43)33-41)40-25-27-42-44-17-9-15-35-16-10-20-48(54(35)44)55(49(42)32-40)46-18-5-7-21-52(46)58-53-22-8-6-19-47(53)55/h1-33H. The molecule has 2 heterocycles. The van der Waals surface area contributed by atoms with Crippen molar-refractivity contribution in [1.29, 1.82) is 0 Å². The van der Waals surface area contributed by atoms with Gasteiger partial charge in [-0.05, 0) is 126 Å². The Hall–Kier alpha value is -7.07. The van der Waals surface area contributed by atoms with Gasteiger partial charge >= 0.3 is 0 Å². The summed E-state index contributed by atoms with van der Waals surface area (Å²) in [5, 5.41) is 9.65. The maximum absolute atomic E-state index is 6.69. The van der Waals surface area contributed by atoms with Crippen LogP contribution < -0.4 is 4.90 Å². The first-order valence-electron chi connectivity index (χ1n) is 19.9. The van der Waals surface area contributed by atoms with Crippen molar-refractivity contribution >= 4 is 83.1 Å². The molecule has 3 heteroatoms. The second-order valence-electron chi connectivity index (χ2n) is 15.6. The highest BCUT2D eigenvalue weighted by Gasteiger charge is 2.48. The second-order valence-corrected chi connectivity index (χ2v) is 16.7. The van der Waals surface area contributed by atoms with Gasteiger partial charge in [0.1, 0.15) is 11.2 Å². The number of fused-ring (bicyclic) bond motifs is 13. The summed E-state index contributed by atoms with van der Waals surface area (Å²) >= 11 is 1.88. The molecule has 1 aliphatic carbocycles. The van der Waals surface area contributed by atoms with E-state index >= 15 is 0 Å². The lowest BCUT2D eigenvalue weighted by Crippen LogP contribution is -2.36. The van der Waals surface area contributed by atoms with Crippen molar-refractivity contribution < 1.29 is 4.42 Å². The third-order valence-electron chi connectivity index (χ3n) is 12.6. The fourth-order valence-electron chi connectivity index (χ4n) is 10.2. The Morgan fingerprint density at radius 3 is 1.72 bits per heavy atom. The van der Waals surface area contributed by atoms with Gasteiger partial charge in [0.2, 0.25) is 0 Å². The van der Waals surface area contributed by atoms with Gasteiger partial charge < -0.3 is 9.32 Å². The first-order valence-corrected chi connectivity index (χ1v) is 20.7. The Morgan fingerprint density at radius 1 is 0.362 bits per heavy atom. The largest absolute Gasteiger partial charge is 0.456 e. The van der Waals surface area contributed by atoms with Gasteiger partial charge in [0.25, 0.3) is 0 Å². The van der Waals surface area contributed by atoms with Crippen LogP contribution in [-0.2, 0) is 5.41 Å². The summed E-state index contributed by atoms with van der Waals surface area (Å²) < 4.78 is 6.69. The number of hydrogen-bond acceptors (Lipinski definition) is 3. The summed E-state index contributed by atoms with van der Waals surface area (Å²) in [5.41, 5.74) is 12.3. The fourth-order valence-corrected chi connectivity index (χ4v) is 11.4. The highest BCUT2D eigenvalue weighted by atomic mass is 32.2. The highest BCUT2D eigenvalue weighted by molar-refractivity contribution is 7.99. The Kier molecular flexibility index (Phi) is 6.62. The smallest absolute Gasteiger partial charge is 0.137 e. The van der Waals surface area contributed by atoms with E-state index in [1.165, 1.54) is 75.5 Å². The first-order chi connectivity index (χ1) is 28.7. The molecule has 270 valence electrons. The Bertz CT molecular complexity index is 3470. The predicted molar refractivity (Wildman–Crippen MR) is 242 cm³/mol. The van der Waals surface area contributed by atoms with Crippen molar-refractivity contribution in [3.8, 4) is 11.1 Å². The quantitative estimate of drug-likeness (QED) is 0.179. The van der Waals surface area contributed by atoms with E-state index in [0.717, 1.165) is 39.0 Å². The van der Waals surface area contributed by atoms with E-state index in [-0.39, 0.29) is 0 Å². The number of nitrogens with zero attached hydrogens (tertiary/aromatic N) is 1. The molecule has 11 aromatic rings. The average Bonchev–Trinajstić information content (AvgIpc) is 3.63. The van der Waals surface area contributed by atoms with Crippen LogP contribution in [0.1, 0.15) is 22.3 Å². The van der Waals surface area contributed by atoms with Gasteiger partial charge in [-0.2, -0.15) is 0 Å². The van der Waals surface area contributed by atoms with Gasteiger partial charge in [0.05, 0.1) is 5.41 Å². The lowest BCUT2D eigenvalue weighted by atomic mass is 9.59. The van der Waals surface area contributed by atoms with Crippen LogP contribution in [0.4, 0.5) is 17.1 Å². The molecule has 2 nitrogen and oxygen atoms in total.